The third-order valence-corrected chi connectivity index (χ3v) is 9.21. The zero-order valence-corrected chi connectivity index (χ0v) is 22.4. The molecule has 1 nitrogen and oxygen atoms in total. The van der Waals surface area contributed by atoms with Crippen LogP contribution in [0.2, 0.25) is 0 Å². The van der Waals surface area contributed by atoms with Crippen molar-refractivity contribution in [2.75, 3.05) is 0 Å². The SMILES string of the molecule is CC.CC.CC.CCCC1CC(C)C2C3CC=C4CC(O)CCC4(C)C3CCC12C. The fourth-order valence-corrected chi connectivity index (χ4v) is 8.13. The van der Waals surface area contributed by atoms with E-state index in [2.05, 4.69) is 33.8 Å². The van der Waals surface area contributed by atoms with Crippen LogP contribution in [0.1, 0.15) is 127 Å². The minimum absolute atomic E-state index is 0.0749. The summed E-state index contributed by atoms with van der Waals surface area (Å²) in [4.78, 5) is 0. The van der Waals surface area contributed by atoms with E-state index in [1.807, 2.05) is 41.5 Å². The van der Waals surface area contributed by atoms with Gasteiger partial charge in [0.25, 0.3) is 0 Å². The normalized spacial score (nSPS) is 43.6. The molecule has 0 spiro atoms. The van der Waals surface area contributed by atoms with E-state index in [0.29, 0.717) is 10.8 Å². The highest BCUT2D eigenvalue weighted by Gasteiger charge is 2.60. The highest BCUT2D eigenvalue weighted by molar-refractivity contribution is 5.25. The lowest BCUT2D eigenvalue weighted by molar-refractivity contribution is -0.0600. The molecule has 0 saturated heterocycles. The molecule has 0 aromatic heterocycles. The van der Waals surface area contributed by atoms with Crippen molar-refractivity contribution in [3.8, 4) is 0 Å². The maximum atomic E-state index is 10.1. The highest BCUT2D eigenvalue weighted by Crippen LogP contribution is 2.68. The lowest BCUT2D eigenvalue weighted by Crippen LogP contribution is -2.51. The molecule has 0 aliphatic heterocycles. The number of rotatable bonds is 2. The molecule has 8 atom stereocenters. The second kappa shape index (κ2) is 12.1. The van der Waals surface area contributed by atoms with E-state index in [-0.39, 0.29) is 6.10 Å². The summed E-state index contributed by atoms with van der Waals surface area (Å²) in [6.07, 6.45) is 14.2. The first-order chi connectivity index (χ1) is 14.4. The Hall–Kier alpha value is -0.300. The van der Waals surface area contributed by atoms with E-state index in [4.69, 9.17) is 0 Å². The van der Waals surface area contributed by atoms with Gasteiger partial charge in [-0.25, -0.2) is 0 Å². The Morgan fingerprint density at radius 2 is 1.63 bits per heavy atom. The van der Waals surface area contributed by atoms with Gasteiger partial charge in [0, 0.05) is 0 Å². The van der Waals surface area contributed by atoms with Crippen LogP contribution < -0.4 is 0 Å². The van der Waals surface area contributed by atoms with Gasteiger partial charge in [-0.05, 0) is 85.4 Å². The van der Waals surface area contributed by atoms with Gasteiger partial charge in [0.1, 0.15) is 0 Å². The summed E-state index contributed by atoms with van der Waals surface area (Å²) in [5.41, 5.74) is 2.61. The Morgan fingerprint density at radius 3 is 2.23 bits per heavy atom. The zero-order valence-electron chi connectivity index (χ0n) is 22.4. The Bertz CT molecular complexity index is 522. The summed E-state index contributed by atoms with van der Waals surface area (Å²) < 4.78 is 0. The Balaban J connectivity index is 0.000000691. The summed E-state index contributed by atoms with van der Waals surface area (Å²) in [6.45, 7) is 22.1. The third-order valence-electron chi connectivity index (χ3n) is 9.21. The van der Waals surface area contributed by atoms with Crippen molar-refractivity contribution >= 4 is 0 Å². The highest BCUT2D eigenvalue weighted by atomic mass is 16.3. The lowest BCUT2D eigenvalue weighted by atomic mass is 9.46. The third kappa shape index (κ3) is 4.87. The van der Waals surface area contributed by atoms with Gasteiger partial charge in [-0.2, -0.15) is 0 Å². The van der Waals surface area contributed by atoms with Gasteiger partial charge in [-0.15, -0.1) is 0 Å². The number of allylic oxidation sites excluding steroid dienone is 1. The van der Waals surface area contributed by atoms with E-state index >= 15 is 0 Å². The Kier molecular flexibility index (Phi) is 11.2. The molecule has 0 heterocycles. The smallest absolute Gasteiger partial charge is 0.0577 e. The molecular formula is C29H56O. The topological polar surface area (TPSA) is 20.2 Å². The Labute approximate surface area is 190 Å². The van der Waals surface area contributed by atoms with Gasteiger partial charge >= 0.3 is 0 Å². The monoisotopic (exact) mass is 420 g/mol. The van der Waals surface area contributed by atoms with Gasteiger partial charge in [0.2, 0.25) is 0 Å². The molecule has 0 aromatic carbocycles. The fourth-order valence-electron chi connectivity index (χ4n) is 8.13. The number of aliphatic hydroxyl groups excluding tert-OH is 1. The maximum Gasteiger partial charge on any atom is 0.0577 e. The van der Waals surface area contributed by atoms with Crippen LogP contribution in [-0.2, 0) is 0 Å². The molecule has 8 unspecified atom stereocenters. The molecule has 1 N–H and O–H groups in total. The van der Waals surface area contributed by atoms with E-state index in [0.717, 1.165) is 42.4 Å². The second-order valence-corrected chi connectivity index (χ2v) is 10.3. The van der Waals surface area contributed by atoms with Crippen LogP contribution in [0.3, 0.4) is 0 Å². The van der Waals surface area contributed by atoms with E-state index in [9.17, 15) is 5.11 Å². The van der Waals surface area contributed by atoms with Crippen LogP contribution in [0.15, 0.2) is 11.6 Å². The molecule has 0 amide bonds. The fraction of sp³-hybridized carbons (Fsp3) is 0.931. The molecular weight excluding hydrogens is 364 g/mol. The van der Waals surface area contributed by atoms with Crippen LogP contribution in [0.5, 0.6) is 0 Å². The predicted octanol–water partition coefficient (Wildman–Crippen LogP) is 9.05. The maximum absolute atomic E-state index is 10.1. The van der Waals surface area contributed by atoms with Crippen molar-refractivity contribution in [1.82, 2.24) is 0 Å². The minimum Gasteiger partial charge on any atom is -0.393 e. The van der Waals surface area contributed by atoms with Crippen molar-refractivity contribution in [2.45, 2.75) is 133 Å². The number of fused-ring (bicyclic) bond motifs is 5. The summed E-state index contributed by atoms with van der Waals surface area (Å²) in [6, 6.07) is 0. The van der Waals surface area contributed by atoms with Crippen LogP contribution in [0.4, 0.5) is 0 Å². The van der Waals surface area contributed by atoms with Crippen molar-refractivity contribution < 1.29 is 5.11 Å². The zero-order chi connectivity index (χ0) is 23.1. The van der Waals surface area contributed by atoms with Gasteiger partial charge < -0.3 is 5.11 Å². The first-order valence-corrected chi connectivity index (χ1v) is 13.8. The average molecular weight is 421 g/mol. The molecule has 178 valence electrons. The van der Waals surface area contributed by atoms with Gasteiger partial charge in [-0.3, -0.25) is 0 Å². The van der Waals surface area contributed by atoms with Gasteiger partial charge in [0.05, 0.1) is 6.10 Å². The minimum atomic E-state index is -0.0749. The number of hydrogen-bond acceptors (Lipinski definition) is 1. The van der Waals surface area contributed by atoms with E-state index in [1.165, 1.54) is 44.9 Å². The quantitative estimate of drug-likeness (QED) is 0.442. The van der Waals surface area contributed by atoms with Crippen molar-refractivity contribution in [1.29, 1.82) is 0 Å². The largest absolute Gasteiger partial charge is 0.393 e. The van der Waals surface area contributed by atoms with Gasteiger partial charge in [-0.1, -0.05) is 93.7 Å². The van der Waals surface area contributed by atoms with Crippen molar-refractivity contribution in [2.24, 2.45) is 40.4 Å². The molecule has 4 aliphatic rings. The molecule has 4 aliphatic carbocycles. The summed E-state index contributed by atoms with van der Waals surface area (Å²) in [5, 5.41) is 10.1. The van der Waals surface area contributed by atoms with Gasteiger partial charge in [0.15, 0.2) is 0 Å². The number of aliphatic hydroxyl groups is 1. The molecule has 0 bridgehead atoms. The van der Waals surface area contributed by atoms with Crippen LogP contribution in [0, 0.1) is 40.4 Å². The predicted molar refractivity (Wildman–Crippen MR) is 135 cm³/mol. The molecule has 0 radical (unpaired) electrons. The van der Waals surface area contributed by atoms with Crippen LogP contribution in [-0.4, -0.2) is 11.2 Å². The Morgan fingerprint density at radius 1 is 1.00 bits per heavy atom. The van der Waals surface area contributed by atoms with Crippen LogP contribution >= 0.6 is 0 Å². The summed E-state index contributed by atoms with van der Waals surface area (Å²) in [7, 11) is 0. The van der Waals surface area contributed by atoms with Crippen molar-refractivity contribution in [3.63, 3.8) is 0 Å². The molecule has 4 rings (SSSR count). The van der Waals surface area contributed by atoms with E-state index in [1.54, 1.807) is 5.57 Å². The lowest BCUT2D eigenvalue weighted by Gasteiger charge is -2.58. The van der Waals surface area contributed by atoms with Crippen LogP contribution in [0.25, 0.3) is 0 Å². The first kappa shape index (κ1) is 27.7. The molecule has 0 aromatic rings. The standard InChI is InChI=1S/C23H38O.3C2H6/c1-5-6-16-13-15(2)21-19-8-7-17-14-18(24)9-11-22(17,3)20(19)10-12-23(16,21)4;3*1-2/h7,15-16,18-21,24H,5-6,8-14H2,1-4H3;3*1-2H3. The first-order valence-electron chi connectivity index (χ1n) is 13.8. The van der Waals surface area contributed by atoms with Crippen molar-refractivity contribution in [3.05, 3.63) is 11.6 Å². The average Bonchev–Trinajstić information content (AvgIpc) is 3.03. The molecule has 3 fully saturated rings. The number of hydrogen-bond donors (Lipinski definition) is 1. The molecule has 30 heavy (non-hydrogen) atoms. The second-order valence-electron chi connectivity index (χ2n) is 10.3. The molecule has 3 saturated carbocycles. The summed E-state index contributed by atoms with van der Waals surface area (Å²) in [5.74, 6) is 4.60. The summed E-state index contributed by atoms with van der Waals surface area (Å²) >= 11 is 0. The van der Waals surface area contributed by atoms with E-state index < -0.39 is 0 Å². The molecule has 1 heteroatoms.